The van der Waals surface area contributed by atoms with E-state index in [1.807, 2.05) is 25.1 Å². The fourth-order valence-corrected chi connectivity index (χ4v) is 1.96. The Labute approximate surface area is 108 Å². The molecule has 90 valence electrons. The average molecular weight is 261 g/mol. The van der Waals surface area contributed by atoms with E-state index in [4.69, 9.17) is 27.9 Å². The summed E-state index contributed by atoms with van der Waals surface area (Å²) in [5, 5.41) is 0.717. The molecule has 1 aromatic carbocycles. The van der Waals surface area contributed by atoms with Gasteiger partial charge in [0.1, 0.15) is 5.75 Å². The van der Waals surface area contributed by atoms with E-state index >= 15 is 0 Å². The van der Waals surface area contributed by atoms with Gasteiger partial charge in [0.2, 0.25) is 0 Å². The zero-order chi connectivity index (χ0) is 12.0. The molecule has 0 aliphatic rings. The van der Waals surface area contributed by atoms with Gasteiger partial charge in [-0.05, 0) is 43.4 Å². The Balaban J connectivity index is 2.39. The molecule has 0 saturated heterocycles. The lowest BCUT2D eigenvalue weighted by molar-refractivity contribution is 0.280. The summed E-state index contributed by atoms with van der Waals surface area (Å²) in [6.45, 7) is 4.93. The maximum absolute atomic E-state index is 5.91. The number of hydrogen-bond donors (Lipinski definition) is 0. The van der Waals surface area contributed by atoms with Crippen LogP contribution in [-0.4, -0.2) is 12.5 Å². The Bertz CT molecular complexity index is 326. The fraction of sp³-hybridized carbons (Fsp3) is 0.538. The Morgan fingerprint density at radius 1 is 1.31 bits per heavy atom. The molecule has 0 aliphatic carbocycles. The quantitative estimate of drug-likeness (QED) is 0.675. The van der Waals surface area contributed by atoms with Gasteiger partial charge in [0, 0.05) is 10.9 Å². The summed E-state index contributed by atoms with van der Waals surface area (Å²) in [5.41, 5.74) is 1.12. The molecule has 0 spiro atoms. The molecule has 0 heterocycles. The van der Waals surface area contributed by atoms with Crippen LogP contribution in [0.2, 0.25) is 5.02 Å². The van der Waals surface area contributed by atoms with Crippen molar-refractivity contribution in [3.63, 3.8) is 0 Å². The van der Waals surface area contributed by atoms with Gasteiger partial charge in [-0.3, -0.25) is 0 Å². The Kier molecular flexibility index (Phi) is 6.00. The molecule has 0 amide bonds. The predicted molar refractivity (Wildman–Crippen MR) is 70.8 cm³/mol. The monoisotopic (exact) mass is 260 g/mol. The molecule has 0 fully saturated rings. The third-order valence-corrected chi connectivity index (χ3v) is 3.07. The summed E-state index contributed by atoms with van der Waals surface area (Å²) in [6, 6.07) is 5.71. The SMILES string of the molecule is Cc1ccc(Cl)cc1OCCC(C)CCCl. The largest absolute Gasteiger partial charge is 0.493 e. The van der Waals surface area contributed by atoms with Gasteiger partial charge in [-0.1, -0.05) is 24.6 Å². The van der Waals surface area contributed by atoms with Crippen molar-refractivity contribution in [1.82, 2.24) is 0 Å². The lowest BCUT2D eigenvalue weighted by Crippen LogP contribution is -2.05. The second-order valence-corrected chi connectivity index (χ2v) is 4.94. The van der Waals surface area contributed by atoms with Crippen molar-refractivity contribution in [2.45, 2.75) is 26.7 Å². The van der Waals surface area contributed by atoms with Gasteiger partial charge < -0.3 is 4.74 Å². The summed E-state index contributed by atoms with van der Waals surface area (Å²) in [7, 11) is 0. The van der Waals surface area contributed by atoms with Crippen LogP contribution in [-0.2, 0) is 0 Å². The zero-order valence-corrected chi connectivity index (χ0v) is 11.3. The highest BCUT2D eigenvalue weighted by atomic mass is 35.5. The summed E-state index contributed by atoms with van der Waals surface area (Å²) < 4.78 is 5.71. The minimum atomic E-state index is 0.608. The first-order valence-electron chi connectivity index (χ1n) is 5.58. The first-order valence-corrected chi connectivity index (χ1v) is 6.49. The smallest absolute Gasteiger partial charge is 0.123 e. The van der Waals surface area contributed by atoms with Crippen molar-refractivity contribution >= 4 is 23.2 Å². The van der Waals surface area contributed by atoms with Gasteiger partial charge in [0.05, 0.1) is 6.61 Å². The van der Waals surface area contributed by atoms with Gasteiger partial charge in [0.25, 0.3) is 0 Å². The van der Waals surface area contributed by atoms with E-state index in [9.17, 15) is 0 Å². The zero-order valence-electron chi connectivity index (χ0n) is 9.80. The number of alkyl halides is 1. The van der Waals surface area contributed by atoms with E-state index in [1.165, 1.54) is 0 Å². The minimum Gasteiger partial charge on any atom is -0.493 e. The highest BCUT2D eigenvalue weighted by molar-refractivity contribution is 6.30. The second kappa shape index (κ2) is 7.03. The molecule has 3 heteroatoms. The molecule has 0 radical (unpaired) electrons. The first-order chi connectivity index (χ1) is 7.63. The summed E-state index contributed by atoms with van der Waals surface area (Å²) in [6.07, 6.45) is 2.07. The van der Waals surface area contributed by atoms with Crippen LogP contribution in [0.3, 0.4) is 0 Å². The maximum atomic E-state index is 5.91. The molecule has 0 saturated carbocycles. The lowest BCUT2D eigenvalue weighted by atomic mass is 10.1. The third kappa shape index (κ3) is 4.63. The third-order valence-electron chi connectivity index (χ3n) is 2.62. The molecule has 1 nitrogen and oxygen atoms in total. The molecule has 1 atom stereocenters. The van der Waals surface area contributed by atoms with Gasteiger partial charge >= 0.3 is 0 Å². The molecular formula is C13H18Cl2O. The van der Waals surface area contributed by atoms with Crippen molar-refractivity contribution in [2.24, 2.45) is 5.92 Å². The second-order valence-electron chi connectivity index (χ2n) is 4.13. The van der Waals surface area contributed by atoms with E-state index in [1.54, 1.807) is 0 Å². The molecule has 0 N–H and O–H groups in total. The Morgan fingerprint density at radius 3 is 2.75 bits per heavy atom. The van der Waals surface area contributed by atoms with Crippen molar-refractivity contribution in [3.8, 4) is 5.75 Å². The lowest BCUT2D eigenvalue weighted by Gasteiger charge is -2.12. The van der Waals surface area contributed by atoms with Crippen LogP contribution in [0.5, 0.6) is 5.75 Å². The molecule has 0 bridgehead atoms. The summed E-state index contributed by atoms with van der Waals surface area (Å²) in [4.78, 5) is 0. The van der Waals surface area contributed by atoms with Crippen molar-refractivity contribution < 1.29 is 4.74 Å². The number of aryl methyl sites for hydroxylation is 1. The predicted octanol–water partition coefficient (Wildman–Crippen LogP) is 4.68. The van der Waals surface area contributed by atoms with E-state index < -0.39 is 0 Å². The van der Waals surface area contributed by atoms with E-state index in [2.05, 4.69) is 6.92 Å². The van der Waals surface area contributed by atoms with E-state index in [0.29, 0.717) is 5.92 Å². The standard InChI is InChI=1S/C13H18Cl2O/c1-10(5-7-14)6-8-16-13-9-12(15)4-3-11(13)2/h3-4,9-10H,5-8H2,1-2H3. The first kappa shape index (κ1) is 13.7. The summed E-state index contributed by atoms with van der Waals surface area (Å²) >= 11 is 11.6. The number of halogens is 2. The number of rotatable bonds is 6. The van der Waals surface area contributed by atoms with E-state index in [0.717, 1.165) is 41.7 Å². The molecule has 0 aliphatic heterocycles. The topological polar surface area (TPSA) is 9.23 Å². The maximum Gasteiger partial charge on any atom is 0.123 e. The van der Waals surface area contributed by atoms with Crippen LogP contribution < -0.4 is 4.74 Å². The van der Waals surface area contributed by atoms with E-state index in [-0.39, 0.29) is 0 Å². The van der Waals surface area contributed by atoms with Crippen molar-refractivity contribution in [2.75, 3.05) is 12.5 Å². The normalized spacial score (nSPS) is 12.5. The van der Waals surface area contributed by atoms with Crippen LogP contribution >= 0.6 is 23.2 Å². The molecule has 1 unspecified atom stereocenters. The van der Waals surface area contributed by atoms with Crippen LogP contribution in [0.25, 0.3) is 0 Å². The van der Waals surface area contributed by atoms with Gasteiger partial charge in [0.15, 0.2) is 0 Å². The molecule has 0 aromatic heterocycles. The number of hydrogen-bond acceptors (Lipinski definition) is 1. The van der Waals surface area contributed by atoms with Gasteiger partial charge in [-0.2, -0.15) is 0 Å². The molecular weight excluding hydrogens is 243 g/mol. The molecule has 1 rings (SSSR count). The average Bonchev–Trinajstić information content (AvgIpc) is 2.23. The van der Waals surface area contributed by atoms with Crippen LogP contribution in [0.1, 0.15) is 25.3 Å². The van der Waals surface area contributed by atoms with Crippen LogP contribution in [0, 0.1) is 12.8 Å². The minimum absolute atomic E-state index is 0.608. The van der Waals surface area contributed by atoms with Gasteiger partial charge in [-0.25, -0.2) is 0 Å². The van der Waals surface area contributed by atoms with Gasteiger partial charge in [-0.15, -0.1) is 11.6 Å². The van der Waals surface area contributed by atoms with Crippen molar-refractivity contribution in [3.05, 3.63) is 28.8 Å². The summed E-state index contributed by atoms with van der Waals surface area (Å²) in [5.74, 6) is 2.21. The highest BCUT2D eigenvalue weighted by Gasteiger charge is 2.04. The Hall–Kier alpha value is -0.400. The van der Waals surface area contributed by atoms with Crippen molar-refractivity contribution in [1.29, 1.82) is 0 Å². The fourth-order valence-electron chi connectivity index (χ4n) is 1.43. The van der Waals surface area contributed by atoms with Crippen LogP contribution in [0.4, 0.5) is 0 Å². The molecule has 16 heavy (non-hydrogen) atoms. The molecule has 1 aromatic rings. The van der Waals surface area contributed by atoms with Crippen LogP contribution in [0.15, 0.2) is 18.2 Å². The highest BCUT2D eigenvalue weighted by Crippen LogP contribution is 2.23. The number of ether oxygens (including phenoxy) is 1. The Morgan fingerprint density at radius 2 is 2.06 bits per heavy atom. The number of benzene rings is 1.